The first-order valence-electron chi connectivity index (χ1n) is 10.2. The quantitative estimate of drug-likeness (QED) is 0.643. The molecule has 6 heteroatoms. The third-order valence-corrected chi connectivity index (χ3v) is 5.95. The Labute approximate surface area is 179 Å². The number of aryl methyl sites for hydroxylation is 1. The van der Waals surface area contributed by atoms with Crippen molar-refractivity contribution in [2.24, 2.45) is 0 Å². The smallest absolute Gasteiger partial charge is 0.273 e. The van der Waals surface area contributed by atoms with Gasteiger partial charge in [-0.1, -0.05) is 54.1 Å². The van der Waals surface area contributed by atoms with Crippen molar-refractivity contribution < 1.29 is 13.9 Å². The van der Waals surface area contributed by atoms with Crippen molar-refractivity contribution >= 4 is 5.91 Å². The number of carbonyl (C=O) groups is 1. The molecule has 0 fully saturated rings. The van der Waals surface area contributed by atoms with E-state index in [4.69, 9.17) is 4.74 Å². The molecular weight excluding hydrogens is 393 g/mol. The standard InChI is InChI=1S/C25H22FN3O2/c1-15-7-9-16(10-8-15)22-21-23(28-27-22)25(30)29(18-13-11-17(26)12-14-18)24(21)19-5-3-4-6-20(19)31-2/h3-13,18,24H,14H2,1-2H3,(H,27,28)/t18-,24+/m0/s1. The third-order valence-electron chi connectivity index (χ3n) is 5.95. The number of benzene rings is 2. The Morgan fingerprint density at radius 2 is 1.94 bits per heavy atom. The predicted molar refractivity (Wildman–Crippen MR) is 117 cm³/mol. The van der Waals surface area contributed by atoms with Crippen LogP contribution >= 0.6 is 0 Å². The summed E-state index contributed by atoms with van der Waals surface area (Å²) in [6.45, 7) is 2.03. The minimum absolute atomic E-state index is 0.151. The fourth-order valence-corrected chi connectivity index (χ4v) is 4.43. The monoisotopic (exact) mass is 415 g/mol. The molecule has 0 spiro atoms. The van der Waals surface area contributed by atoms with E-state index in [0.29, 0.717) is 17.9 Å². The highest BCUT2D eigenvalue weighted by Gasteiger charge is 2.45. The number of amides is 1. The highest BCUT2D eigenvalue weighted by atomic mass is 19.1. The summed E-state index contributed by atoms with van der Waals surface area (Å²) >= 11 is 0. The lowest BCUT2D eigenvalue weighted by Crippen LogP contribution is -2.38. The minimum atomic E-state index is -0.405. The molecule has 5 rings (SSSR count). The van der Waals surface area contributed by atoms with Crippen LogP contribution in [0.5, 0.6) is 5.75 Å². The zero-order valence-corrected chi connectivity index (χ0v) is 17.3. The molecule has 1 amide bonds. The van der Waals surface area contributed by atoms with Gasteiger partial charge in [-0.25, -0.2) is 4.39 Å². The molecule has 0 bridgehead atoms. The normalized spacial score (nSPS) is 20.0. The van der Waals surface area contributed by atoms with Crippen molar-refractivity contribution in [2.75, 3.05) is 7.11 Å². The number of para-hydroxylation sites is 1. The SMILES string of the molecule is COc1ccccc1[C@@H]1c2c(-c3ccc(C)cc3)n[nH]c2C(=O)N1[C@H]1C=CC(F)=CC1. The lowest BCUT2D eigenvalue weighted by atomic mass is 9.93. The Hall–Kier alpha value is -3.67. The van der Waals surface area contributed by atoms with E-state index in [1.807, 2.05) is 55.5 Å². The Balaban J connectivity index is 1.69. The van der Waals surface area contributed by atoms with Gasteiger partial charge in [-0.15, -0.1) is 0 Å². The number of nitrogens with one attached hydrogen (secondary N) is 1. The van der Waals surface area contributed by atoms with Gasteiger partial charge in [0.1, 0.15) is 17.3 Å². The Kier molecular flexibility index (Phi) is 4.70. The summed E-state index contributed by atoms with van der Waals surface area (Å²) < 4.78 is 19.3. The average Bonchev–Trinajstić information content (AvgIpc) is 3.34. The number of aromatic amines is 1. The summed E-state index contributed by atoms with van der Waals surface area (Å²) in [7, 11) is 1.62. The zero-order valence-electron chi connectivity index (χ0n) is 17.3. The number of hydrogen-bond acceptors (Lipinski definition) is 3. The Morgan fingerprint density at radius 1 is 1.16 bits per heavy atom. The number of H-pyrrole nitrogens is 1. The first kappa shape index (κ1) is 19.3. The second kappa shape index (κ2) is 7.54. The predicted octanol–water partition coefficient (Wildman–Crippen LogP) is 5.12. The summed E-state index contributed by atoms with van der Waals surface area (Å²) in [5.41, 5.74) is 4.98. The number of aromatic nitrogens is 2. The first-order chi connectivity index (χ1) is 15.1. The van der Waals surface area contributed by atoms with Crippen LogP contribution in [0.2, 0.25) is 0 Å². The molecule has 156 valence electrons. The van der Waals surface area contributed by atoms with Crippen LogP contribution in [0.15, 0.2) is 72.6 Å². The average molecular weight is 415 g/mol. The van der Waals surface area contributed by atoms with E-state index in [1.54, 1.807) is 18.1 Å². The van der Waals surface area contributed by atoms with Crippen LogP contribution in [-0.2, 0) is 0 Å². The number of nitrogens with zero attached hydrogens (tertiary/aromatic N) is 2. The lowest BCUT2D eigenvalue weighted by Gasteiger charge is -2.33. The number of ether oxygens (including phenoxy) is 1. The van der Waals surface area contributed by atoms with E-state index in [-0.39, 0.29) is 17.8 Å². The van der Waals surface area contributed by atoms with E-state index in [2.05, 4.69) is 10.2 Å². The van der Waals surface area contributed by atoms with Crippen molar-refractivity contribution in [1.29, 1.82) is 0 Å². The van der Waals surface area contributed by atoms with Gasteiger partial charge in [0.05, 0.1) is 24.9 Å². The third kappa shape index (κ3) is 3.15. The van der Waals surface area contributed by atoms with Gasteiger partial charge in [-0.05, 0) is 31.6 Å². The molecule has 1 aliphatic carbocycles. The second-order valence-electron chi connectivity index (χ2n) is 7.83. The van der Waals surface area contributed by atoms with Crippen LogP contribution in [0.3, 0.4) is 0 Å². The minimum Gasteiger partial charge on any atom is -0.496 e. The van der Waals surface area contributed by atoms with Crippen molar-refractivity contribution in [3.8, 4) is 17.0 Å². The molecule has 1 N–H and O–H groups in total. The molecule has 2 aliphatic rings. The van der Waals surface area contributed by atoms with Gasteiger partial charge in [0.25, 0.3) is 5.91 Å². The molecule has 0 saturated carbocycles. The van der Waals surface area contributed by atoms with Crippen molar-refractivity contribution in [1.82, 2.24) is 15.1 Å². The molecule has 2 aromatic carbocycles. The molecule has 2 atom stereocenters. The molecule has 1 aliphatic heterocycles. The Bertz CT molecular complexity index is 1210. The molecule has 0 radical (unpaired) electrons. The lowest BCUT2D eigenvalue weighted by molar-refractivity contribution is 0.0694. The molecule has 1 aromatic heterocycles. The molecule has 2 heterocycles. The molecule has 0 unspecified atom stereocenters. The highest BCUT2D eigenvalue weighted by molar-refractivity contribution is 6.00. The van der Waals surface area contributed by atoms with Crippen LogP contribution in [0, 0.1) is 6.92 Å². The maximum absolute atomic E-state index is 13.6. The van der Waals surface area contributed by atoms with Gasteiger partial charge < -0.3 is 9.64 Å². The molecule has 5 nitrogen and oxygen atoms in total. The Morgan fingerprint density at radius 3 is 2.65 bits per heavy atom. The summed E-state index contributed by atoms with van der Waals surface area (Å²) in [5.74, 6) is 0.259. The van der Waals surface area contributed by atoms with E-state index < -0.39 is 6.04 Å². The number of rotatable bonds is 4. The summed E-state index contributed by atoms with van der Waals surface area (Å²) in [6.07, 6.45) is 5.10. The summed E-state index contributed by atoms with van der Waals surface area (Å²) in [6, 6.07) is 15.1. The van der Waals surface area contributed by atoms with E-state index in [0.717, 1.165) is 27.9 Å². The highest BCUT2D eigenvalue weighted by Crippen LogP contribution is 2.47. The fraction of sp³-hybridized carbons (Fsp3) is 0.200. The van der Waals surface area contributed by atoms with E-state index >= 15 is 0 Å². The van der Waals surface area contributed by atoms with Crippen LogP contribution < -0.4 is 4.74 Å². The molecule has 3 aromatic rings. The topological polar surface area (TPSA) is 58.2 Å². The largest absolute Gasteiger partial charge is 0.496 e. The number of allylic oxidation sites excluding steroid dienone is 2. The van der Waals surface area contributed by atoms with Gasteiger partial charge in [-0.3, -0.25) is 9.89 Å². The van der Waals surface area contributed by atoms with Crippen LogP contribution in [-0.4, -0.2) is 34.2 Å². The first-order valence-corrected chi connectivity index (χ1v) is 10.2. The maximum Gasteiger partial charge on any atom is 0.273 e. The van der Waals surface area contributed by atoms with Gasteiger partial charge in [0, 0.05) is 16.7 Å². The van der Waals surface area contributed by atoms with Crippen LogP contribution in [0.25, 0.3) is 11.3 Å². The molecular formula is C25H22FN3O2. The molecule has 0 saturated heterocycles. The van der Waals surface area contributed by atoms with Gasteiger partial charge >= 0.3 is 0 Å². The summed E-state index contributed by atoms with van der Waals surface area (Å²) in [4.78, 5) is 15.3. The number of carbonyl (C=O) groups excluding carboxylic acids is 1. The van der Waals surface area contributed by atoms with Gasteiger partial charge in [0.15, 0.2) is 0 Å². The van der Waals surface area contributed by atoms with Gasteiger partial charge in [-0.2, -0.15) is 5.10 Å². The van der Waals surface area contributed by atoms with Crippen molar-refractivity contribution in [3.05, 3.63) is 95.0 Å². The fourth-order valence-electron chi connectivity index (χ4n) is 4.43. The van der Waals surface area contributed by atoms with Gasteiger partial charge in [0.2, 0.25) is 0 Å². The number of halogens is 1. The second-order valence-corrected chi connectivity index (χ2v) is 7.83. The van der Waals surface area contributed by atoms with Crippen molar-refractivity contribution in [3.63, 3.8) is 0 Å². The molecule has 31 heavy (non-hydrogen) atoms. The van der Waals surface area contributed by atoms with E-state index in [1.165, 1.54) is 12.2 Å². The maximum atomic E-state index is 13.6. The zero-order chi connectivity index (χ0) is 21.5. The number of methoxy groups -OCH3 is 1. The van der Waals surface area contributed by atoms with Crippen molar-refractivity contribution in [2.45, 2.75) is 25.4 Å². The van der Waals surface area contributed by atoms with Crippen LogP contribution in [0.1, 0.15) is 39.6 Å². The number of fused-ring (bicyclic) bond motifs is 1. The van der Waals surface area contributed by atoms with Crippen LogP contribution in [0.4, 0.5) is 4.39 Å². The van der Waals surface area contributed by atoms with E-state index in [9.17, 15) is 9.18 Å². The number of hydrogen-bond donors (Lipinski definition) is 1. The summed E-state index contributed by atoms with van der Waals surface area (Å²) in [5, 5.41) is 7.48.